The molecule has 0 spiro atoms. The van der Waals surface area contributed by atoms with E-state index in [1.54, 1.807) is 0 Å². The maximum absolute atomic E-state index is 15.5. The number of sulfonamides is 1. The second kappa shape index (κ2) is 15.8. The summed E-state index contributed by atoms with van der Waals surface area (Å²) in [4.78, 5) is 18.8. The molecule has 3 atom stereocenters. The third-order valence-corrected chi connectivity index (χ3v) is 16.9. The van der Waals surface area contributed by atoms with Crippen molar-refractivity contribution in [1.82, 2.24) is 29.9 Å². The summed E-state index contributed by atoms with van der Waals surface area (Å²) in [6.07, 6.45) is -5.04. The number of pyridine rings is 1. The normalized spacial score (nSPS) is 19.5. The Balaban J connectivity index is 1.20. The van der Waals surface area contributed by atoms with Gasteiger partial charge in [0.1, 0.15) is 46.6 Å². The van der Waals surface area contributed by atoms with E-state index in [1.807, 2.05) is 0 Å². The predicted octanol–water partition coefficient (Wildman–Crippen LogP) is 7.70. The lowest BCUT2D eigenvalue weighted by atomic mass is 9.93. The van der Waals surface area contributed by atoms with Gasteiger partial charge in [0.2, 0.25) is 15.9 Å². The van der Waals surface area contributed by atoms with Crippen LogP contribution in [0.2, 0.25) is 0 Å². The summed E-state index contributed by atoms with van der Waals surface area (Å²) in [5, 5.41) is 9.37. The first-order chi connectivity index (χ1) is 30.6. The fraction of sp³-hybridized carbons (Fsp3) is 0.442. The summed E-state index contributed by atoms with van der Waals surface area (Å²) in [5.41, 5.74) is -2.16. The Morgan fingerprint density at radius 2 is 1.60 bits per heavy atom. The Morgan fingerprint density at radius 3 is 2.25 bits per heavy atom. The van der Waals surface area contributed by atoms with Crippen molar-refractivity contribution < 1.29 is 56.8 Å². The monoisotopic (exact) mass is 949 g/mol. The van der Waals surface area contributed by atoms with Gasteiger partial charge in [-0.2, -0.15) is 19.0 Å². The zero-order valence-electron chi connectivity index (χ0n) is 34.4. The Kier molecular flexibility index (Phi) is 10.9. The number of nitrogens with zero attached hydrogens (tertiary/aromatic N) is 5. The molecule has 2 N–H and O–H groups in total. The number of amides is 1. The highest BCUT2D eigenvalue weighted by Crippen LogP contribution is 2.68. The molecule has 0 unspecified atom stereocenters. The van der Waals surface area contributed by atoms with Crippen LogP contribution in [0.3, 0.4) is 0 Å². The molecule has 0 radical (unpaired) electrons. The number of hydrogen-bond donors (Lipinski definition) is 2. The van der Waals surface area contributed by atoms with E-state index in [1.165, 1.54) is 44.2 Å². The van der Waals surface area contributed by atoms with E-state index in [0.717, 1.165) is 16.8 Å². The van der Waals surface area contributed by atoms with E-state index in [4.69, 9.17) is 4.98 Å². The molecule has 2 aromatic carbocycles. The molecule has 4 aliphatic rings. The molecule has 3 aromatic heterocycles. The second-order valence-corrected chi connectivity index (χ2v) is 22.1. The van der Waals surface area contributed by atoms with Crippen LogP contribution < -0.4 is 10.0 Å². The van der Waals surface area contributed by atoms with Crippen LogP contribution >= 0.6 is 0 Å². The van der Waals surface area contributed by atoms with Gasteiger partial charge in [-0.3, -0.25) is 18.9 Å². The highest BCUT2D eigenvalue weighted by atomic mass is 32.2. The summed E-state index contributed by atoms with van der Waals surface area (Å²) < 4.78 is 172. The van der Waals surface area contributed by atoms with E-state index in [-0.39, 0.29) is 56.8 Å². The zero-order chi connectivity index (χ0) is 46.5. The van der Waals surface area contributed by atoms with Crippen LogP contribution in [0, 0.1) is 29.4 Å². The Morgan fingerprint density at radius 1 is 0.908 bits per heavy atom. The van der Waals surface area contributed by atoms with Gasteiger partial charge in [0.25, 0.3) is 18.8 Å². The van der Waals surface area contributed by atoms with Crippen molar-refractivity contribution in [2.45, 2.75) is 111 Å². The topological polar surface area (TPSA) is 158 Å². The molecular formula is C43H39F8N7O5S2. The number of nitrogens with one attached hydrogen (secondary N) is 2. The van der Waals surface area contributed by atoms with E-state index in [9.17, 15) is 48.0 Å². The molecule has 12 nitrogen and oxygen atoms in total. The molecule has 65 heavy (non-hydrogen) atoms. The molecule has 3 saturated carbocycles. The fourth-order valence-corrected chi connectivity index (χ4v) is 11.8. The zero-order valence-corrected chi connectivity index (χ0v) is 36.1. The van der Waals surface area contributed by atoms with Gasteiger partial charge in [-0.05, 0) is 100 Å². The molecule has 4 aliphatic carbocycles. The maximum Gasteiger partial charge on any atom is 0.293 e. The number of hydrogen-bond acceptors (Lipinski definition) is 8. The number of rotatable bonds is 15. The third kappa shape index (κ3) is 8.34. The first-order valence-electron chi connectivity index (χ1n) is 20.6. The summed E-state index contributed by atoms with van der Waals surface area (Å²) in [6.45, 7) is 0.812. The average Bonchev–Trinajstić information content (AvgIpc) is 4.10. The lowest BCUT2D eigenvalue weighted by molar-refractivity contribution is -0.123. The van der Waals surface area contributed by atoms with Crippen molar-refractivity contribution in [3.8, 4) is 23.0 Å². The number of anilines is 1. The van der Waals surface area contributed by atoms with Crippen LogP contribution in [0.15, 0.2) is 48.5 Å². The molecule has 22 heteroatoms. The van der Waals surface area contributed by atoms with Gasteiger partial charge < -0.3 is 5.32 Å². The largest absolute Gasteiger partial charge is 0.346 e. The summed E-state index contributed by atoms with van der Waals surface area (Å²) >= 11 is 0. The van der Waals surface area contributed by atoms with Gasteiger partial charge in [0.05, 0.1) is 27.8 Å². The van der Waals surface area contributed by atoms with Crippen molar-refractivity contribution in [3.05, 3.63) is 94.1 Å². The van der Waals surface area contributed by atoms with Crippen molar-refractivity contribution in [1.29, 1.82) is 0 Å². The second-order valence-electron chi connectivity index (χ2n) is 17.4. The van der Waals surface area contributed by atoms with Crippen LogP contribution in [0.5, 0.6) is 0 Å². The van der Waals surface area contributed by atoms with Crippen molar-refractivity contribution in [3.63, 3.8) is 0 Å². The Labute approximate surface area is 367 Å². The number of fused-ring (bicyclic) bond motifs is 4. The molecular weight excluding hydrogens is 911 g/mol. The lowest BCUT2D eigenvalue weighted by Crippen LogP contribution is -2.35. The minimum Gasteiger partial charge on any atom is -0.346 e. The van der Waals surface area contributed by atoms with E-state index in [0.29, 0.717) is 36.4 Å². The van der Waals surface area contributed by atoms with Crippen LogP contribution in [-0.4, -0.2) is 69.0 Å². The van der Waals surface area contributed by atoms with Crippen molar-refractivity contribution in [2.24, 2.45) is 5.92 Å². The van der Waals surface area contributed by atoms with Gasteiger partial charge in [0.15, 0.2) is 15.7 Å². The Hall–Kier alpha value is -5.56. The van der Waals surface area contributed by atoms with Gasteiger partial charge in [-0.1, -0.05) is 18.1 Å². The molecule has 1 amide bonds. The van der Waals surface area contributed by atoms with Gasteiger partial charge in [-0.15, -0.1) is 0 Å². The van der Waals surface area contributed by atoms with Crippen LogP contribution in [0.4, 0.5) is 40.9 Å². The average molecular weight is 950 g/mol. The molecule has 3 heterocycles. The molecule has 0 aliphatic heterocycles. The fourth-order valence-electron chi connectivity index (χ4n) is 8.64. The number of carbonyl (C=O) groups excluding carboxylic acids is 1. The third-order valence-electron chi connectivity index (χ3n) is 12.2. The number of carbonyl (C=O) groups is 1. The number of para-hydroxylation sites is 1. The maximum atomic E-state index is 15.5. The SMILES string of the molecule is CC(C)(C#Cc1ccc(-c2cccc3c(NS(=O)(=O)C4CC4)nn(CC(F)F)c23)c([C@H](Cc2cc(F)cc(F)c2)NC(=O)Cn2nc(C(F)F)c3c2C(F)(F)[C@@H]2C[C@H]32)n1)S(=O)(=O)C1CC1. The number of alkyl halides is 6. The van der Waals surface area contributed by atoms with Gasteiger partial charge >= 0.3 is 0 Å². The summed E-state index contributed by atoms with van der Waals surface area (Å²) in [6, 6.07) is 8.19. The smallest absolute Gasteiger partial charge is 0.293 e. The number of halogens is 8. The van der Waals surface area contributed by atoms with Crippen molar-refractivity contribution in [2.75, 3.05) is 4.72 Å². The van der Waals surface area contributed by atoms with E-state index < -0.39 is 120 Å². The first kappa shape index (κ1) is 44.6. The van der Waals surface area contributed by atoms with Crippen LogP contribution in [0.1, 0.15) is 98.2 Å². The molecule has 344 valence electrons. The quantitative estimate of drug-likeness (QED) is 0.0799. The molecule has 5 aromatic rings. The first-order valence-corrected chi connectivity index (χ1v) is 23.7. The lowest BCUT2D eigenvalue weighted by Gasteiger charge is -2.23. The highest BCUT2D eigenvalue weighted by Gasteiger charge is 2.67. The van der Waals surface area contributed by atoms with Crippen LogP contribution in [0.25, 0.3) is 22.0 Å². The highest BCUT2D eigenvalue weighted by molar-refractivity contribution is 7.94. The van der Waals surface area contributed by atoms with E-state index >= 15 is 8.78 Å². The molecule has 0 bridgehead atoms. The summed E-state index contributed by atoms with van der Waals surface area (Å²) in [7, 11) is -7.70. The van der Waals surface area contributed by atoms with Crippen LogP contribution in [-0.2, 0) is 50.1 Å². The minimum absolute atomic E-state index is 0.0193. The standard InChI is InChI=1S/C43H39F8N7O5S2/c1-42(2,64(60,61)25-7-8-25)13-12-24-6-11-27(28-4-3-5-29-38(28)57(19-33(46)47)55-41(29)56-65(62,63)26-9-10-26)36(52-24)32(16-21-14-22(44)17-23(45)15-21)53-34(59)20-58-39-35(37(54-58)40(48)49)30-18-31(30)43(39,50)51/h3-6,11,14-15,17,25-26,30-33,40H,7-10,16,18-20H2,1-2H3,(H,53,59)(H,55,56)/t30-,31+,32-/m0/s1. The Bertz CT molecular complexity index is 3040. The molecule has 0 saturated heterocycles. The number of aromatic nitrogens is 5. The minimum atomic E-state index is -3.97. The number of benzene rings is 2. The van der Waals surface area contributed by atoms with Crippen molar-refractivity contribution >= 4 is 42.5 Å². The van der Waals surface area contributed by atoms with E-state index in [2.05, 4.69) is 32.1 Å². The van der Waals surface area contributed by atoms with Gasteiger partial charge in [0, 0.05) is 34.1 Å². The predicted molar refractivity (Wildman–Crippen MR) is 220 cm³/mol. The number of sulfone groups is 1. The molecule has 3 fully saturated rings. The summed E-state index contributed by atoms with van der Waals surface area (Å²) in [5.74, 6) is -3.49. The molecule has 9 rings (SSSR count). The van der Waals surface area contributed by atoms with Gasteiger partial charge in [-0.25, -0.2) is 48.2 Å².